The van der Waals surface area contributed by atoms with Crippen molar-refractivity contribution in [3.05, 3.63) is 11.6 Å². The number of hydrogen-bond acceptors (Lipinski definition) is 7. The maximum absolute atomic E-state index is 14.0. The third kappa shape index (κ3) is 4.35. The summed E-state index contributed by atoms with van der Waals surface area (Å²) < 4.78 is 36.3. The first kappa shape index (κ1) is 29.5. The van der Waals surface area contributed by atoms with Gasteiger partial charge in [-0.15, -0.1) is 0 Å². The lowest BCUT2D eigenvalue weighted by Crippen LogP contribution is -2.67. The largest absolute Gasteiger partial charge is 0.475 e. The quantitative estimate of drug-likeness (QED) is 0.176. The number of Topliss-reactive ketones (excluding diaryl/α,β-unsaturated/α-hetero) is 1. The molecule has 0 heterocycles. The van der Waals surface area contributed by atoms with E-state index in [0.29, 0.717) is 30.5 Å². The van der Waals surface area contributed by atoms with E-state index in [1.807, 2.05) is 0 Å². The van der Waals surface area contributed by atoms with E-state index in [0.717, 1.165) is 38.5 Å². The average Bonchev–Trinajstić information content (AvgIpc) is 2.89. The molecule has 7 nitrogen and oxygen atoms in total. The van der Waals surface area contributed by atoms with E-state index in [1.165, 1.54) is 12.7 Å². The second-order valence-corrected chi connectivity index (χ2v) is 15.3. The first-order valence-corrected chi connectivity index (χ1v) is 16.8. The summed E-state index contributed by atoms with van der Waals surface area (Å²) in [5, 5.41) is 0. The fourth-order valence-corrected chi connectivity index (χ4v) is 11.9. The van der Waals surface area contributed by atoms with Crippen LogP contribution >= 0.6 is 7.82 Å². The molecule has 6 rings (SSSR count). The molecule has 39 heavy (non-hydrogen) atoms. The molecule has 4 fully saturated rings. The lowest BCUT2D eigenvalue weighted by Gasteiger charge is -2.70. The van der Waals surface area contributed by atoms with Crippen molar-refractivity contribution in [2.75, 3.05) is 20.3 Å². The zero-order chi connectivity index (χ0) is 28.4. The highest BCUT2D eigenvalue weighted by atomic mass is 31.2. The van der Waals surface area contributed by atoms with E-state index < -0.39 is 13.2 Å². The normalized spacial score (nSPS) is 43.4. The Morgan fingerprint density at radius 1 is 1.08 bits per heavy atom. The summed E-state index contributed by atoms with van der Waals surface area (Å²) in [7, 11) is -2.21. The molecule has 0 radical (unpaired) electrons. The Labute approximate surface area is 234 Å². The van der Waals surface area contributed by atoms with Gasteiger partial charge in [0, 0.05) is 23.7 Å². The van der Waals surface area contributed by atoms with Crippen molar-refractivity contribution >= 4 is 19.6 Å². The molecule has 2 bridgehead atoms. The van der Waals surface area contributed by atoms with Gasteiger partial charge in [0.1, 0.15) is 5.78 Å². The topological polar surface area (TPSA) is 88.1 Å². The number of methoxy groups -OCH3 is 1. The summed E-state index contributed by atoms with van der Waals surface area (Å²) in [5.41, 5.74) is 0.612. The molecule has 0 saturated heterocycles. The van der Waals surface area contributed by atoms with Gasteiger partial charge in [-0.3, -0.25) is 23.2 Å². The molecule has 0 aromatic carbocycles. The molecule has 6 aliphatic rings. The molecule has 0 aliphatic heterocycles. The lowest BCUT2D eigenvalue weighted by molar-refractivity contribution is -0.209. The van der Waals surface area contributed by atoms with Gasteiger partial charge in [0.25, 0.3) is 0 Å². The van der Waals surface area contributed by atoms with Crippen LogP contribution in [0.4, 0.5) is 0 Å². The summed E-state index contributed by atoms with van der Waals surface area (Å²) in [6.07, 6.45) is 8.86. The van der Waals surface area contributed by atoms with Gasteiger partial charge in [-0.25, -0.2) is 4.57 Å². The number of carbonyl (C=O) groups excluding carboxylic acids is 2. The number of rotatable bonds is 8. The summed E-state index contributed by atoms with van der Waals surface area (Å²) in [6.45, 7) is 13.1. The number of hydrogen-bond donors (Lipinski definition) is 0. The molecule has 0 aromatic rings. The van der Waals surface area contributed by atoms with Crippen molar-refractivity contribution in [2.45, 2.75) is 99.0 Å². The van der Waals surface area contributed by atoms with Crippen molar-refractivity contribution in [1.82, 2.24) is 0 Å². The van der Waals surface area contributed by atoms with Crippen molar-refractivity contribution in [2.24, 2.45) is 51.8 Å². The highest BCUT2D eigenvalue weighted by Gasteiger charge is 2.71. The minimum Gasteiger partial charge on any atom is -0.469 e. The van der Waals surface area contributed by atoms with Gasteiger partial charge in [0.2, 0.25) is 0 Å². The number of allylic oxidation sites excluding steroid dienone is 2. The lowest BCUT2D eigenvalue weighted by atomic mass is 9.33. The van der Waals surface area contributed by atoms with Crippen molar-refractivity contribution in [1.29, 1.82) is 0 Å². The molecule has 9 atom stereocenters. The fraction of sp³-hybridized carbons (Fsp3) is 0.871. The van der Waals surface area contributed by atoms with E-state index in [-0.39, 0.29) is 59.8 Å². The van der Waals surface area contributed by atoms with Crippen LogP contribution in [-0.2, 0) is 32.5 Å². The van der Waals surface area contributed by atoms with Crippen molar-refractivity contribution in [3.63, 3.8) is 0 Å². The molecule has 1 unspecified atom stereocenters. The second kappa shape index (κ2) is 10.4. The third-order valence-corrected chi connectivity index (χ3v) is 13.4. The SMILES string of the molecule is CCOP(=O)(OCC)O[C@H]1CCC(=O)[C@@H]2[C@H]1[C@H]1C[C@@H]3[C@@]4(C)CCCC(C)(C(=O)OC)[C@@H]4CC[C@@]23C=C1C(C)C. The average molecular weight is 565 g/mol. The monoisotopic (exact) mass is 564 g/mol. The Morgan fingerprint density at radius 2 is 1.77 bits per heavy atom. The smallest absolute Gasteiger partial charge is 0.469 e. The van der Waals surface area contributed by atoms with Gasteiger partial charge >= 0.3 is 13.8 Å². The Balaban J connectivity index is 1.58. The molecule has 0 N–H and O–H groups in total. The second-order valence-electron chi connectivity index (χ2n) is 13.7. The molecular weight excluding hydrogens is 515 g/mol. The standard InChI is InChI=1S/C31H49O7P/c1-8-36-39(34,37-9-2)38-23-12-11-22(32)27-26(23)20-17-25-29(5)14-10-15-30(6,28(33)35-7)24(29)13-16-31(25,27)18-21(20)19(3)4/h18-20,23-27H,8-17H2,1-7H3/t20-,23-,24+,25+,26-,27+,29-,30?,31-/m0/s1. The number of phosphoric acid groups is 1. The van der Waals surface area contributed by atoms with Gasteiger partial charge < -0.3 is 4.74 Å². The maximum atomic E-state index is 14.0. The van der Waals surface area contributed by atoms with Gasteiger partial charge in [-0.2, -0.15) is 0 Å². The van der Waals surface area contributed by atoms with E-state index >= 15 is 0 Å². The zero-order valence-electron chi connectivity index (χ0n) is 25.0. The zero-order valence-corrected chi connectivity index (χ0v) is 25.9. The number of ether oxygens (including phenoxy) is 1. The maximum Gasteiger partial charge on any atom is 0.475 e. The first-order valence-electron chi connectivity index (χ1n) is 15.3. The van der Waals surface area contributed by atoms with Crippen molar-refractivity contribution in [3.8, 4) is 0 Å². The molecule has 0 aromatic heterocycles. The highest BCUT2D eigenvalue weighted by molar-refractivity contribution is 7.48. The number of phosphoric ester groups is 1. The predicted molar refractivity (Wildman–Crippen MR) is 149 cm³/mol. The minimum absolute atomic E-state index is 0.0325. The Hall–Kier alpha value is -1.01. The van der Waals surface area contributed by atoms with Gasteiger partial charge in [-0.1, -0.05) is 38.8 Å². The van der Waals surface area contributed by atoms with Gasteiger partial charge in [-0.05, 0) is 88.4 Å². The van der Waals surface area contributed by atoms with Crippen LogP contribution in [0.15, 0.2) is 11.6 Å². The summed E-state index contributed by atoms with van der Waals surface area (Å²) >= 11 is 0. The minimum atomic E-state index is -3.73. The van der Waals surface area contributed by atoms with E-state index in [4.69, 9.17) is 18.3 Å². The van der Waals surface area contributed by atoms with Crippen LogP contribution in [0.3, 0.4) is 0 Å². The van der Waals surface area contributed by atoms with E-state index in [1.54, 1.807) is 13.8 Å². The van der Waals surface area contributed by atoms with E-state index in [9.17, 15) is 14.2 Å². The predicted octanol–water partition coefficient (Wildman–Crippen LogP) is 7.15. The molecule has 6 aliphatic carbocycles. The highest BCUT2D eigenvalue weighted by Crippen LogP contribution is 2.75. The first-order chi connectivity index (χ1) is 18.4. The molecule has 0 amide bonds. The van der Waals surface area contributed by atoms with Crippen molar-refractivity contribution < 1.29 is 32.5 Å². The molecular formula is C31H49O7P. The van der Waals surface area contributed by atoms with Crippen LogP contribution in [0.2, 0.25) is 0 Å². The molecule has 8 heteroatoms. The Kier molecular flexibility index (Phi) is 7.84. The third-order valence-electron chi connectivity index (χ3n) is 11.7. The Bertz CT molecular complexity index is 1060. The summed E-state index contributed by atoms with van der Waals surface area (Å²) in [4.78, 5) is 27.1. The number of esters is 1. The summed E-state index contributed by atoms with van der Waals surface area (Å²) in [6, 6.07) is 0. The van der Waals surface area contributed by atoms with E-state index in [2.05, 4.69) is 33.8 Å². The van der Waals surface area contributed by atoms with Crippen LogP contribution in [0.1, 0.15) is 92.9 Å². The van der Waals surface area contributed by atoms with Crippen LogP contribution in [0.5, 0.6) is 0 Å². The number of ketones is 1. The summed E-state index contributed by atoms with van der Waals surface area (Å²) in [5.74, 6) is 1.12. The fourth-order valence-electron chi connectivity index (χ4n) is 10.5. The molecule has 4 saturated carbocycles. The van der Waals surface area contributed by atoms with Gasteiger partial charge in [0.15, 0.2) is 0 Å². The van der Waals surface area contributed by atoms with Crippen LogP contribution in [0.25, 0.3) is 0 Å². The molecule has 220 valence electrons. The Morgan fingerprint density at radius 3 is 2.38 bits per heavy atom. The van der Waals surface area contributed by atoms with Crippen LogP contribution < -0.4 is 0 Å². The number of carbonyl (C=O) groups is 2. The number of fused-ring (bicyclic) bond motifs is 1. The molecule has 1 spiro atoms. The van der Waals surface area contributed by atoms with Crippen LogP contribution in [-0.4, -0.2) is 38.2 Å². The van der Waals surface area contributed by atoms with Gasteiger partial charge in [0.05, 0.1) is 31.8 Å². The van der Waals surface area contributed by atoms with Crippen LogP contribution in [0, 0.1) is 51.8 Å².